The molecule has 4 heteroatoms. The standard InChI is InChI=1S/C16H11N2OP/c19-20-14-4-2-1-3-13(14)17-9-7-11-5-6-12-8-10-18(20)16(12)15(11)17/h1-10,20H. The van der Waals surface area contributed by atoms with Crippen molar-refractivity contribution in [2.24, 2.45) is 0 Å². The molecule has 5 rings (SSSR count). The Kier molecular flexibility index (Phi) is 1.81. The Balaban J connectivity index is 2.15. The van der Waals surface area contributed by atoms with Gasteiger partial charge in [0.15, 0.2) is 7.95 Å². The summed E-state index contributed by atoms with van der Waals surface area (Å²) < 4.78 is 17.1. The van der Waals surface area contributed by atoms with Crippen molar-refractivity contribution in [1.29, 1.82) is 0 Å². The molecule has 3 nitrogen and oxygen atoms in total. The number of rotatable bonds is 0. The highest BCUT2D eigenvalue weighted by Crippen LogP contribution is 2.39. The van der Waals surface area contributed by atoms with Crippen LogP contribution in [-0.4, -0.2) is 8.90 Å². The van der Waals surface area contributed by atoms with Crippen LogP contribution in [0.15, 0.2) is 60.9 Å². The minimum atomic E-state index is -2.03. The van der Waals surface area contributed by atoms with Crippen molar-refractivity contribution in [1.82, 2.24) is 8.90 Å². The molecule has 20 heavy (non-hydrogen) atoms. The summed E-state index contributed by atoms with van der Waals surface area (Å²) >= 11 is 0. The Labute approximate surface area is 115 Å². The van der Waals surface area contributed by atoms with Gasteiger partial charge in [-0.25, -0.2) is 0 Å². The van der Waals surface area contributed by atoms with Crippen LogP contribution in [0.3, 0.4) is 0 Å². The zero-order valence-electron chi connectivity index (χ0n) is 10.6. The number of benzene rings is 2. The van der Waals surface area contributed by atoms with Gasteiger partial charge in [0.05, 0.1) is 22.0 Å². The summed E-state index contributed by atoms with van der Waals surface area (Å²) in [5.74, 6) is 0. The first-order chi connectivity index (χ1) is 9.84. The molecule has 1 aliphatic heterocycles. The molecule has 0 N–H and O–H groups in total. The summed E-state index contributed by atoms with van der Waals surface area (Å²) in [5, 5.41) is 3.25. The average Bonchev–Trinajstić information content (AvgIpc) is 3.07. The van der Waals surface area contributed by atoms with Crippen LogP contribution in [0, 0.1) is 0 Å². The number of para-hydroxylation sites is 1. The highest BCUT2D eigenvalue weighted by atomic mass is 31.1. The molecular formula is C16H11N2OP. The lowest BCUT2D eigenvalue weighted by Crippen LogP contribution is -2.07. The Morgan fingerprint density at radius 1 is 0.800 bits per heavy atom. The highest BCUT2D eigenvalue weighted by Gasteiger charge is 2.21. The van der Waals surface area contributed by atoms with E-state index in [1.54, 1.807) is 0 Å². The van der Waals surface area contributed by atoms with Gasteiger partial charge in [-0.1, -0.05) is 24.3 Å². The minimum absolute atomic E-state index is 0.920. The molecule has 96 valence electrons. The lowest BCUT2D eigenvalue weighted by Gasteiger charge is -2.08. The van der Waals surface area contributed by atoms with Gasteiger partial charge < -0.3 is 4.57 Å². The molecular weight excluding hydrogens is 267 g/mol. The van der Waals surface area contributed by atoms with E-state index in [9.17, 15) is 4.57 Å². The third kappa shape index (κ3) is 1.10. The van der Waals surface area contributed by atoms with Crippen LogP contribution in [0.2, 0.25) is 0 Å². The van der Waals surface area contributed by atoms with Crippen LogP contribution in [0.1, 0.15) is 0 Å². The van der Waals surface area contributed by atoms with Gasteiger partial charge >= 0.3 is 0 Å². The normalized spacial score (nSPS) is 16.7. The third-order valence-corrected chi connectivity index (χ3v) is 5.81. The summed E-state index contributed by atoms with van der Waals surface area (Å²) in [6, 6.07) is 16.4. The Bertz CT molecular complexity index is 1030. The van der Waals surface area contributed by atoms with E-state index in [-0.39, 0.29) is 0 Å². The van der Waals surface area contributed by atoms with Crippen LogP contribution in [0.25, 0.3) is 27.5 Å². The first-order valence-electron chi connectivity index (χ1n) is 6.60. The largest absolute Gasteiger partial charge is 0.314 e. The number of fused-ring (bicyclic) bond motifs is 2. The van der Waals surface area contributed by atoms with Gasteiger partial charge in [-0.3, -0.25) is 8.90 Å². The summed E-state index contributed by atoms with van der Waals surface area (Å²) in [4.78, 5) is 0. The molecule has 2 aromatic carbocycles. The van der Waals surface area contributed by atoms with E-state index in [0.29, 0.717) is 0 Å². The van der Waals surface area contributed by atoms with Crippen LogP contribution in [0.4, 0.5) is 0 Å². The maximum Gasteiger partial charge on any atom is 0.195 e. The Morgan fingerprint density at radius 3 is 2.45 bits per heavy atom. The van der Waals surface area contributed by atoms with Crippen molar-refractivity contribution in [2.75, 3.05) is 0 Å². The number of aromatic nitrogens is 2. The SMILES string of the molecule is O=[PH]1c2ccccc2-n2ccc3ccc4ccn1c4c32. The van der Waals surface area contributed by atoms with Gasteiger partial charge in [0.2, 0.25) is 0 Å². The molecule has 0 radical (unpaired) electrons. The lowest BCUT2D eigenvalue weighted by molar-refractivity contribution is 0.589. The molecule has 3 heterocycles. The fraction of sp³-hybridized carbons (Fsp3) is 0. The second-order valence-electron chi connectivity index (χ2n) is 5.14. The highest BCUT2D eigenvalue weighted by molar-refractivity contribution is 7.52. The zero-order chi connectivity index (χ0) is 13.3. The smallest absolute Gasteiger partial charge is 0.195 e. The molecule has 1 unspecified atom stereocenters. The molecule has 0 bridgehead atoms. The van der Waals surface area contributed by atoms with Crippen molar-refractivity contribution in [3.63, 3.8) is 0 Å². The number of hydrogen-bond acceptors (Lipinski definition) is 1. The molecule has 4 aromatic rings. The molecule has 0 amide bonds. The van der Waals surface area contributed by atoms with E-state index in [1.165, 1.54) is 5.39 Å². The van der Waals surface area contributed by atoms with Crippen LogP contribution < -0.4 is 5.30 Å². The Hall–Kier alpha value is -2.25. The van der Waals surface area contributed by atoms with E-state index in [1.807, 2.05) is 40.9 Å². The zero-order valence-corrected chi connectivity index (χ0v) is 11.6. The third-order valence-electron chi connectivity index (χ3n) is 4.11. The Morgan fingerprint density at radius 2 is 1.55 bits per heavy atom. The molecule has 0 aliphatic carbocycles. The maximum atomic E-state index is 13.0. The molecule has 1 aliphatic rings. The van der Waals surface area contributed by atoms with Gasteiger partial charge in [0.1, 0.15) is 0 Å². The van der Waals surface area contributed by atoms with Gasteiger partial charge in [-0.2, -0.15) is 0 Å². The van der Waals surface area contributed by atoms with Crippen LogP contribution in [0.5, 0.6) is 0 Å². The van der Waals surface area contributed by atoms with Crippen molar-refractivity contribution >= 4 is 35.1 Å². The molecule has 1 atom stereocenters. The molecule has 0 saturated carbocycles. The molecule has 0 spiro atoms. The van der Waals surface area contributed by atoms with Gasteiger partial charge in [-0.05, 0) is 24.3 Å². The minimum Gasteiger partial charge on any atom is -0.314 e. The van der Waals surface area contributed by atoms with Gasteiger partial charge in [0, 0.05) is 23.2 Å². The van der Waals surface area contributed by atoms with Crippen molar-refractivity contribution in [2.45, 2.75) is 0 Å². The first-order valence-corrected chi connectivity index (χ1v) is 7.95. The van der Waals surface area contributed by atoms with Crippen molar-refractivity contribution in [3.8, 4) is 5.69 Å². The summed E-state index contributed by atoms with van der Waals surface area (Å²) in [5.41, 5.74) is 3.26. The van der Waals surface area contributed by atoms with Gasteiger partial charge in [0.25, 0.3) is 0 Å². The summed E-state index contributed by atoms with van der Waals surface area (Å²) in [6.45, 7) is 0. The first kappa shape index (κ1) is 10.5. The number of nitrogens with zero attached hydrogens (tertiary/aromatic N) is 2. The van der Waals surface area contributed by atoms with E-state index in [0.717, 1.165) is 27.4 Å². The van der Waals surface area contributed by atoms with Gasteiger partial charge in [-0.15, -0.1) is 0 Å². The summed E-state index contributed by atoms with van der Waals surface area (Å²) in [6.07, 6.45) is 4.02. The van der Waals surface area contributed by atoms with Crippen LogP contribution in [-0.2, 0) is 4.57 Å². The molecule has 0 saturated heterocycles. The second kappa shape index (κ2) is 3.44. The second-order valence-corrected chi connectivity index (χ2v) is 6.77. The van der Waals surface area contributed by atoms with Crippen LogP contribution >= 0.6 is 7.95 Å². The van der Waals surface area contributed by atoms with E-state index in [2.05, 4.69) is 29.0 Å². The van der Waals surface area contributed by atoms with E-state index in [4.69, 9.17) is 0 Å². The quantitative estimate of drug-likeness (QED) is 0.398. The fourth-order valence-corrected chi connectivity index (χ4v) is 4.78. The predicted octanol–water partition coefficient (Wildman–Crippen LogP) is 3.55. The molecule has 0 fully saturated rings. The number of hydrogen-bond donors (Lipinski definition) is 0. The predicted molar refractivity (Wildman–Crippen MR) is 82.8 cm³/mol. The van der Waals surface area contributed by atoms with Crippen molar-refractivity contribution in [3.05, 3.63) is 60.9 Å². The lowest BCUT2D eigenvalue weighted by atomic mass is 10.2. The fourth-order valence-electron chi connectivity index (χ4n) is 3.21. The topological polar surface area (TPSA) is 26.9 Å². The van der Waals surface area contributed by atoms with E-state index >= 15 is 0 Å². The van der Waals surface area contributed by atoms with Crippen molar-refractivity contribution < 1.29 is 4.57 Å². The van der Waals surface area contributed by atoms with E-state index < -0.39 is 7.95 Å². The summed E-state index contributed by atoms with van der Waals surface area (Å²) in [7, 11) is -2.03. The average molecular weight is 278 g/mol. The monoisotopic (exact) mass is 278 g/mol. The molecule has 2 aromatic heterocycles. The maximum absolute atomic E-state index is 13.0.